The Labute approximate surface area is 163 Å². The molecule has 2 aromatic carbocycles. The SMILES string of the molecule is CC(C)CNS(=O)(=O)c1ccc(CCC(=O)Nc2ccccc2Br)cc1. The van der Waals surface area contributed by atoms with Gasteiger partial charge >= 0.3 is 0 Å². The summed E-state index contributed by atoms with van der Waals surface area (Å²) in [4.78, 5) is 12.3. The number of nitrogens with one attached hydrogen (secondary N) is 2. The van der Waals surface area contributed by atoms with Gasteiger partial charge in [-0.2, -0.15) is 0 Å². The molecule has 0 spiro atoms. The molecule has 1 amide bonds. The van der Waals surface area contributed by atoms with Gasteiger partial charge < -0.3 is 5.32 Å². The van der Waals surface area contributed by atoms with E-state index in [-0.39, 0.29) is 16.7 Å². The third-order valence-electron chi connectivity index (χ3n) is 3.70. The molecule has 0 unspecified atom stereocenters. The van der Waals surface area contributed by atoms with Crippen LogP contribution >= 0.6 is 15.9 Å². The number of sulfonamides is 1. The zero-order chi connectivity index (χ0) is 19.2. The van der Waals surface area contributed by atoms with Crippen LogP contribution < -0.4 is 10.0 Å². The molecule has 0 radical (unpaired) electrons. The molecule has 26 heavy (non-hydrogen) atoms. The molecule has 0 aromatic heterocycles. The summed E-state index contributed by atoms with van der Waals surface area (Å²) in [5, 5.41) is 2.85. The number of anilines is 1. The second-order valence-corrected chi connectivity index (χ2v) is 9.04. The molecule has 7 heteroatoms. The van der Waals surface area contributed by atoms with Crippen LogP contribution in [0.3, 0.4) is 0 Å². The van der Waals surface area contributed by atoms with E-state index in [9.17, 15) is 13.2 Å². The van der Waals surface area contributed by atoms with Crippen molar-refractivity contribution in [3.63, 3.8) is 0 Å². The van der Waals surface area contributed by atoms with Gasteiger partial charge in [-0.25, -0.2) is 13.1 Å². The quantitative estimate of drug-likeness (QED) is 0.654. The number of rotatable bonds is 8. The summed E-state index contributed by atoms with van der Waals surface area (Å²) in [5.74, 6) is 0.152. The minimum absolute atomic E-state index is 0.0906. The molecule has 0 heterocycles. The molecule has 2 rings (SSSR count). The van der Waals surface area contributed by atoms with Crippen molar-refractivity contribution in [1.29, 1.82) is 0 Å². The first kappa shape index (κ1) is 20.6. The van der Waals surface area contributed by atoms with E-state index in [4.69, 9.17) is 0 Å². The fraction of sp³-hybridized carbons (Fsp3) is 0.316. The summed E-state index contributed by atoms with van der Waals surface area (Å²) in [7, 11) is -3.48. The van der Waals surface area contributed by atoms with E-state index in [2.05, 4.69) is 26.0 Å². The first-order valence-electron chi connectivity index (χ1n) is 8.41. The Hall–Kier alpha value is -1.70. The van der Waals surface area contributed by atoms with Crippen LogP contribution in [0, 0.1) is 5.92 Å². The Balaban J connectivity index is 1.91. The summed E-state index contributed by atoms with van der Waals surface area (Å²) >= 11 is 3.39. The third kappa shape index (κ3) is 6.23. The fourth-order valence-electron chi connectivity index (χ4n) is 2.23. The number of hydrogen-bond donors (Lipinski definition) is 2. The number of carbonyl (C=O) groups excluding carboxylic acids is 1. The lowest BCUT2D eigenvalue weighted by Crippen LogP contribution is -2.27. The first-order chi connectivity index (χ1) is 12.3. The minimum Gasteiger partial charge on any atom is -0.325 e. The fourth-order valence-corrected chi connectivity index (χ4v) is 3.83. The molecule has 5 nitrogen and oxygen atoms in total. The molecule has 0 fully saturated rings. The zero-order valence-corrected chi connectivity index (χ0v) is 17.2. The van der Waals surface area contributed by atoms with Gasteiger partial charge in [0.25, 0.3) is 0 Å². The van der Waals surface area contributed by atoms with Gasteiger partial charge in [0.05, 0.1) is 10.6 Å². The van der Waals surface area contributed by atoms with Gasteiger partial charge in [0.2, 0.25) is 15.9 Å². The van der Waals surface area contributed by atoms with E-state index >= 15 is 0 Å². The van der Waals surface area contributed by atoms with Crippen molar-refractivity contribution in [2.75, 3.05) is 11.9 Å². The Morgan fingerprint density at radius 2 is 1.73 bits per heavy atom. The van der Waals surface area contributed by atoms with E-state index in [1.165, 1.54) is 0 Å². The summed E-state index contributed by atoms with van der Waals surface area (Å²) < 4.78 is 27.7. The Kier molecular flexibility index (Phi) is 7.37. The second-order valence-electron chi connectivity index (χ2n) is 6.42. The highest BCUT2D eigenvalue weighted by Gasteiger charge is 2.14. The summed E-state index contributed by atoms with van der Waals surface area (Å²) in [5.41, 5.74) is 1.64. The van der Waals surface area contributed by atoms with Gasteiger partial charge in [0, 0.05) is 17.4 Å². The highest BCUT2D eigenvalue weighted by atomic mass is 79.9. The van der Waals surface area contributed by atoms with E-state index in [0.29, 0.717) is 19.4 Å². The Morgan fingerprint density at radius 3 is 2.35 bits per heavy atom. The number of carbonyl (C=O) groups is 1. The van der Waals surface area contributed by atoms with Crippen molar-refractivity contribution in [2.24, 2.45) is 5.92 Å². The minimum atomic E-state index is -3.48. The lowest BCUT2D eigenvalue weighted by Gasteiger charge is -2.10. The number of amides is 1. The van der Waals surface area contributed by atoms with Crippen molar-refractivity contribution in [2.45, 2.75) is 31.6 Å². The van der Waals surface area contributed by atoms with Gasteiger partial charge in [0.1, 0.15) is 0 Å². The standard InChI is InChI=1S/C19H23BrN2O3S/c1-14(2)13-21-26(24,25)16-10-7-15(8-11-16)9-12-19(23)22-18-6-4-3-5-17(18)20/h3-8,10-11,14,21H,9,12-13H2,1-2H3,(H,22,23). The van der Waals surface area contributed by atoms with Crippen molar-refractivity contribution >= 4 is 37.5 Å². The summed E-state index contributed by atoms with van der Waals surface area (Å²) in [6.07, 6.45) is 0.856. The molecular formula is C19H23BrN2O3S. The zero-order valence-electron chi connectivity index (χ0n) is 14.8. The number of aryl methyl sites for hydroxylation is 1. The molecule has 0 aliphatic rings. The topological polar surface area (TPSA) is 75.3 Å². The maximum atomic E-state index is 12.2. The summed E-state index contributed by atoms with van der Waals surface area (Å²) in [6, 6.07) is 14.1. The lowest BCUT2D eigenvalue weighted by molar-refractivity contribution is -0.116. The molecule has 0 aliphatic carbocycles. The molecule has 140 valence electrons. The van der Waals surface area contributed by atoms with Crippen LogP contribution in [0.5, 0.6) is 0 Å². The maximum absolute atomic E-state index is 12.2. The van der Waals surface area contributed by atoms with E-state index < -0.39 is 10.0 Å². The number of para-hydroxylation sites is 1. The number of halogens is 1. The third-order valence-corrected chi connectivity index (χ3v) is 5.83. The van der Waals surface area contributed by atoms with Crippen LogP contribution in [0.25, 0.3) is 0 Å². The van der Waals surface area contributed by atoms with Gasteiger partial charge in [-0.3, -0.25) is 4.79 Å². The van der Waals surface area contributed by atoms with Crippen molar-refractivity contribution in [1.82, 2.24) is 4.72 Å². The predicted molar refractivity (Wildman–Crippen MR) is 108 cm³/mol. The highest BCUT2D eigenvalue weighted by molar-refractivity contribution is 9.10. The van der Waals surface area contributed by atoms with E-state index in [0.717, 1.165) is 15.7 Å². The Morgan fingerprint density at radius 1 is 1.08 bits per heavy atom. The van der Waals surface area contributed by atoms with E-state index in [1.807, 2.05) is 38.1 Å². The van der Waals surface area contributed by atoms with Crippen LogP contribution in [0.4, 0.5) is 5.69 Å². The van der Waals surface area contributed by atoms with Gasteiger partial charge in [-0.15, -0.1) is 0 Å². The van der Waals surface area contributed by atoms with Gasteiger partial charge in [-0.1, -0.05) is 38.1 Å². The summed E-state index contributed by atoms with van der Waals surface area (Å²) in [6.45, 7) is 4.30. The normalized spacial score (nSPS) is 11.5. The maximum Gasteiger partial charge on any atom is 0.240 e. The molecule has 0 saturated heterocycles. The highest BCUT2D eigenvalue weighted by Crippen LogP contribution is 2.21. The predicted octanol–water partition coefficient (Wildman–Crippen LogP) is 3.95. The molecular weight excluding hydrogens is 416 g/mol. The Bertz CT molecular complexity index is 849. The van der Waals surface area contributed by atoms with Crippen molar-refractivity contribution < 1.29 is 13.2 Å². The number of benzene rings is 2. The average Bonchev–Trinajstić information content (AvgIpc) is 2.61. The van der Waals surface area contributed by atoms with Crippen molar-refractivity contribution in [3.05, 3.63) is 58.6 Å². The monoisotopic (exact) mass is 438 g/mol. The van der Waals surface area contributed by atoms with Crippen LogP contribution in [0.15, 0.2) is 57.9 Å². The molecule has 0 bridgehead atoms. The largest absolute Gasteiger partial charge is 0.325 e. The van der Waals surface area contributed by atoms with Crippen LogP contribution in [0.1, 0.15) is 25.8 Å². The lowest BCUT2D eigenvalue weighted by atomic mass is 10.1. The molecule has 2 N–H and O–H groups in total. The van der Waals surface area contributed by atoms with Gasteiger partial charge in [0.15, 0.2) is 0 Å². The molecule has 0 atom stereocenters. The second kappa shape index (κ2) is 9.30. The van der Waals surface area contributed by atoms with Crippen LogP contribution in [-0.4, -0.2) is 20.9 Å². The van der Waals surface area contributed by atoms with Crippen LogP contribution in [-0.2, 0) is 21.2 Å². The average molecular weight is 439 g/mol. The van der Waals surface area contributed by atoms with Crippen LogP contribution in [0.2, 0.25) is 0 Å². The molecule has 2 aromatic rings. The van der Waals surface area contributed by atoms with E-state index in [1.54, 1.807) is 24.3 Å². The number of hydrogen-bond acceptors (Lipinski definition) is 3. The molecule has 0 saturated carbocycles. The molecule has 0 aliphatic heterocycles. The first-order valence-corrected chi connectivity index (χ1v) is 10.7. The van der Waals surface area contributed by atoms with Crippen molar-refractivity contribution in [3.8, 4) is 0 Å². The van der Waals surface area contributed by atoms with Gasteiger partial charge in [-0.05, 0) is 58.1 Å². The smallest absolute Gasteiger partial charge is 0.240 e.